The molecule has 1 amide bonds. The lowest BCUT2D eigenvalue weighted by Crippen LogP contribution is -2.42. The molecule has 11 heteroatoms. The zero-order chi connectivity index (χ0) is 32.6. The van der Waals surface area contributed by atoms with Crippen LogP contribution >= 0.6 is 0 Å². The third-order valence-electron chi connectivity index (χ3n) is 7.92. The molecule has 1 aliphatic heterocycles. The van der Waals surface area contributed by atoms with Crippen LogP contribution in [0, 0.1) is 34.3 Å². The highest BCUT2D eigenvalue weighted by Crippen LogP contribution is 2.40. The SMILES string of the molecule is COc1ccc(-c2cnc(N3CCC(NCc4ccc(/C=C/C(=O)NO)cc4)CC3)c(C#N)c2-c2ccc(C#N)c(F)c2)cc1F. The maximum Gasteiger partial charge on any atom is 0.267 e. The van der Waals surface area contributed by atoms with E-state index in [1.807, 2.05) is 35.2 Å². The molecule has 0 spiro atoms. The van der Waals surface area contributed by atoms with Crippen LogP contribution in [0.3, 0.4) is 0 Å². The van der Waals surface area contributed by atoms with Crippen molar-refractivity contribution in [1.29, 1.82) is 10.5 Å². The Morgan fingerprint density at radius 2 is 1.76 bits per heavy atom. The van der Waals surface area contributed by atoms with Gasteiger partial charge in [0.2, 0.25) is 0 Å². The molecule has 1 aliphatic rings. The number of nitriles is 2. The molecule has 1 aromatic heterocycles. The van der Waals surface area contributed by atoms with Crippen LogP contribution in [0.1, 0.15) is 35.1 Å². The number of benzene rings is 3. The van der Waals surface area contributed by atoms with Crippen LogP contribution < -0.4 is 20.4 Å². The van der Waals surface area contributed by atoms with Crippen molar-refractivity contribution >= 4 is 17.8 Å². The summed E-state index contributed by atoms with van der Waals surface area (Å²) in [6.07, 6.45) is 5.99. The lowest BCUT2D eigenvalue weighted by molar-refractivity contribution is -0.124. The van der Waals surface area contributed by atoms with E-state index in [1.54, 1.807) is 29.9 Å². The molecule has 9 nitrogen and oxygen atoms in total. The maximum absolute atomic E-state index is 14.8. The number of hydrogen-bond donors (Lipinski definition) is 3. The third-order valence-corrected chi connectivity index (χ3v) is 7.92. The summed E-state index contributed by atoms with van der Waals surface area (Å²) >= 11 is 0. The minimum Gasteiger partial charge on any atom is -0.494 e. The van der Waals surface area contributed by atoms with Crippen molar-refractivity contribution in [2.75, 3.05) is 25.1 Å². The Labute approximate surface area is 265 Å². The van der Waals surface area contributed by atoms with Crippen LogP contribution in [0.5, 0.6) is 5.75 Å². The normalized spacial score (nSPS) is 13.3. The fraction of sp³-hybridized carbons (Fsp3) is 0.200. The second kappa shape index (κ2) is 14.4. The highest BCUT2D eigenvalue weighted by Gasteiger charge is 2.26. The molecule has 1 saturated heterocycles. The topological polar surface area (TPSA) is 134 Å². The van der Waals surface area contributed by atoms with Gasteiger partial charge >= 0.3 is 0 Å². The van der Waals surface area contributed by atoms with Gasteiger partial charge < -0.3 is 15.0 Å². The Hall–Kier alpha value is -5.62. The number of rotatable bonds is 9. The Bertz CT molecular complexity index is 1860. The molecule has 0 atom stereocenters. The van der Waals surface area contributed by atoms with Gasteiger partial charge in [-0.1, -0.05) is 36.4 Å². The number of anilines is 1. The van der Waals surface area contributed by atoms with E-state index in [4.69, 9.17) is 9.94 Å². The molecule has 3 N–H and O–H groups in total. The third kappa shape index (κ3) is 7.02. The van der Waals surface area contributed by atoms with Crippen LogP contribution in [-0.2, 0) is 11.3 Å². The summed E-state index contributed by atoms with van der Waals surface area (Å²) in [7, 11) is 1.37. The van der Waals surface area contributed by atoms with Crippen molar-refractivity contribution in [2.45, 2.75) is 25.4 Å². The summed E-state index contributed by atoms with van der Waals surface area (Å²) in [6.45, 7) is 1.89. The molecule has 46 heavy (non-hydrogen) atoms. The van der Waals surface area contributed by atoms with E-state index in [0.29, 0.717) is 47.7 Å². The molecule has 1 fully saturated rings. The first-order valence-electron chi connectivity index (χ1n) is 14.5. The molecule has 5 rings (SSSR count). The van der Waals surface area contributed by atoms with Crippen LogP contribution in [0.15, 0.2) is 72.9 Å². The first-order chi connectivity index (χ1) is 22.3. The zero-order valence-electron chi connectivity index (χ0n) is 24.9. The first kappa shape index (κ1) is 31.8. The van der Waals surface area contributed by atoms with Crippen LogP contribution in [0.25, 0.3) is 28.3 Å². The van der Waals surface area contributed by atoms with Crippen molar-refractivity contribution in [3.8, 4) is 40.1 Å². The quantitative estimate of drug-likeness (QED) is 0.123. The lowest BCUT2D eigenvalue weighted by atomic mass is 9.91. The molecule has 0 saturated carbocycles. The summed E-state index contributed by atoms with van der Waals surface area (Å²) in [4.78, 5) is 17.9. The molecule has 3 aromatic carbocycles. The average Bonchev–Trinajstić information content (AvgIpc) is 3.09. The van der Waals surface area contributed by atoms with Crippen molar-refractivity contribution in [3.05, 3.63) is 107 Å². The predicted octanol–water partition coefficient (Wildman–Crippen LogP) is 5.72. The average molecular weight is 621 g/mol. The number of methoxy groups -OCH3 is 1. The van der Waals surface area contributed by atoms with Gasteiger partial charge in [-0.25, -0.2) is 19.2 Å². The Morgan fingerprint density at radius 3 is 2.39 bits per heavy atom. The Morgan fingerprint density at radius 1 is 1.04 bits per heavy atom. The molecular weight excluding hydrogens is 590 g/mol. The summed E-state index contributed by atoms with van der Waals surface area (Å²) in [6, 6.07) is 20.6. The van der Waals surface area contributed by atoms with Gasteiger partial charge in [0, 0.05) is 49.1 Å². The maximum atomic E-state index is 14.8. The molecule has 0 aliphatic carbocycles. The standard InChI is InChI=1S/C35H30F2N6O3/c1-46-32-10-9-24(16-31(32)37)29-21-41-35(28(19-39)34(29)25-7-8-26(18-38)30(36)17-25)43-14-12-27(13-15-43)40-20-23-4-2-22(3-5-23)6-11-33(44)42-45/h2-11,16-17,21,27,40,45H,12-15,20H2,1H3,(H,42,44)/b11-6+. The molecule has 2 heterocycles. The number of piperidine rings is 1. The van der Waals surface area contributed by atoms with E-state index in [1.165, 1.54) is 37.5 Å². The molecular formula is C35H30F2N6O3. The smallest absolute Gasteiger partial charge is 0.267 e. The first-order valence-corrected chi connectivity index (χ1v) is 14.5. The fourth-order valence-corrected chi connectivity index (χ4v) is 5.47. The Balaban J connectivity index is 1.36. The van der Waals surface area contributed by atoms with E-state index < -0.39 is 17.5 Å². The molecule has 4 aromatic rings. The van der Waals surface area contributed by atoms with Crippen molar-refractivity contribution in [3.63, 3.8) is 0 Å². The number of carbonyl (C=O) groups excluding carboxylic acids is 1. The fourth-order valence-electron chi connectivity index (χ4n) is 5.47. The number of aromatic nitrogens is 1. The van der Waals surface area contributed by atoms with Gasteiger partial charge in [0.25, 0.3) is 5.91 Å². The molecule has 232 valence electrons. The highest BCUT2D eigenvalue weighted by atomic mass is 19.1. The van der Waals surface area contributed by atoms with Crippen LogP contribution in [-0.4, -0.2) is 42.3 Å². The summed E-state index contributed by atoms with van der Waals surface area (Å²) in [5.74, 6) is -1.39. The second-order valence-corrected chi connectivity index (χ2v) is 10.7. The summed E-state index contributed by atoms with van der Waals surface area (Å²) in [5, 5.41) is 31.8. The summed E-state index contributed by atoms with van der Waals surface area (Å²) in [5.41, 5.74) is 5.22. The van der Waals surface area contributed by atoms with Gasteiger partial charge in [0.15, 0.2) is 11.6 Å². The largest absolute Gasteiger partial charge is 0.494 e. The predicted molar refractivity (Wildman–Crippen MR) is 168 cm³/mol. The van der Waals surface area contributed by atoms with E-state index in [2.05, 4.69) is 16.4 Å². The van der Waals surface area contributed by atoms with Crippen LogP contribution in [0.2, 0.25) is 0 Å². The number of nitrogens with one attached hydrogen (secondary N) is 2. The van der Waals surface area contributed by atoms with Gasteiger partial charge in [-0.05, 0) is 65.4 Å². The number of nitrogens with zero attached hydrogens (tertiary/aromatic N) is 4. The second-order valence-electron chi connectivity index (χ2n) is 10.7. The molecule has 0 radical (unpaired) electrons. The molecule has 0 bridgehead atoms. The van der Waals surface area contributed by atoms with E-state index in [-0.39, 0.29) is 22.9 Å². The van der Waals surface area contributed by atoms with Gasteiger partial charge in [-0.3, -0.25) is 10.0 Å². The number of hydrogen-bond acceptors (Lipinski definition) is 8. The number of ether oxygens (including phenoxy) is 1. The molecule has 0 unspecified atom stereocenters. The van der Waals surface area contributed by atoms with Gasteiger partial charge in [0.05, 0.1) is 12.7 Å². The highest BCUT2D eigenvalue weighted by molar-refractivity contribution is 5.91. The van der Waals surface area contributed by atoms with E-state index >= 15 is 0 Å². The van der Waals surface area contributed by atoms with Gasteiger partial charge in [-0.15, -0.1) is 0 Å². The minimum atomic E-state index is -0.721. The number of hydroxylamine groups is 1. The zero-order valence-corrected chi connectivity index (χ0v) is 24.9. The summed E-state index contributed by atoms with van der Waals surface area (Å²) < 4.78 is 34.6. The van der Waals surface area contributed by atoms with E-state index in [9.17, 15) is 24.1 Å². The van der Waals surface area contributed by atoms with Crippen molar-refractivity contribution in [1.82, 2.24) is 15.8 Å². The Kier molecular flexibility index (Phi) is 9.98. The minimum absolute atomic E-state index is 0.0650. The monoisotopic (exact) mass is 620 g/mol. The lowest BCUT2D eigenvalue weighted by Gasteiger charge is -2.34. The number of carbonyl (C=O) groups is 1. The number of halogens is 2. The van der Waals surface area contributed by atoms with Crippen molar-refractivity contribution in [2.24, 2.45) is 0 Å². The van der Waals surface area contributed by atoms with E-state index in [0.717, 1.165) is 24.0 Å². The number of pyridine rings is 1. The van der Waals surface area contributed by atoms with Gasteiger partial charge in [0.1, 0.15) is 29.3 Å². The van der Waals surface area contributed by atoms with Crippen LogP contribution in [0.4, 0.5) is 14.6 Å². The van der Waals surface area contributed by atoms with Gasteiger partial charge in [-0.2, -0.15) is 10.5 Å². The van der Waals surface area contributed by atoms with Crippen molar-refractivity contribution < 1.29 is 23.5 Å². The number of amides is 1.